The summed E-state index contributed by atoms with van der Waals surface area (Å²) in [6.07, 6.45) is 5.59. The van der Waals surface area contributed by atoms with E-state index in [2.05, 4.69) is 5.92 Å². The standard InChI is InChI=1S/C18H18BFO2/c1-6-12-8-7-9-13-15(20)11-10-14(16(12)13)19-21-17(2,3)18(4,5)22-19/h1,7-11H,2-5H3. The first-order chi connectivity index (χ1) is 10.3. The quantitative estimate of drug-likeness (QED) is 0.594. The summed E-state index contributed by atoms with van der Waals surface area (Å²) in [5.74, 6) is 2.33. The molecule has 22 heavy (non-hydrogen) atoms. The van der Waals surface area contributed by atoms with Gasteiger partial charge in [-0.1, -0.05) is 24.1 Å². The molecule has 0 aromatic heterocycles. The number of halogens is 1. The predicted molar refractivity (Wildman–Crippen MR) is 87.6 cm³/mol. The highest BCUT2D eigenvalue weighted by Crippen LogP contribution is 2.37. The van der Waals surface area contributed by atoms with Crippen molar-refractivity contribution in [2.75, 3.05) is 0 Å². The maximum atomic E-state index is 14.1. The Bertz CT molecular complexity index is 774. The Balaban J connectivity index is 2.22. The van der Waals surface area contributed by atoms with Crippen molar-refractivity contribution in [2.45, 2.75) is 38.9 Å². The lowest BCUT2D eigenvalue weighted by Gasteiger charge is -2.32. The van der Waals surface area contributed by atoms with Gasteiger partial charge in [0.1, 0.15) is 5.82 Å². The predicted octanol–water partition coefficient (Wildman–Crippen LogP) is 3.26. The van der Waals surface area contributed by atoms with Gasteiger partial charge in [0.15, 0.2) is 0 Å². The molecule has 1 aliphatic rings. The van der Waals surface area contributed by atoms with E-state index in [1.165, 1.54) is 6.07 Å². The zero-order valence-corrected chi connectivity index (χ0v) is 13.2. The number of hydrogen-bond acceptors (Lipinski definition) is 2. The molecule has 0 spiro atoms. The molecule has 1 saturated heterocycles. The van der Waals surface area contributed by atoms with Crippen LogP contribution in [0.5, 0.6) is 0 Å². The lowest BCUT2D eigenvalue weighted by Crippen LogP contribution is -2.41. The highest BCUT2D eigenvalue weighted by atomic mass is 19.1. The van der Waals surface area contributed by atoms with E-state index in [9.17, 15) is 4.39 Å². The van der Waals surface area contributed by atoms with Crippen molar-refractivity contribution in [3.05, 3.63) is 41.7 Å². The van der Waals surface area contributed by atoms with Crippen LogP contribution >= 0.6 is 0 Å². The van der Waals surface area contributed by atoms with E-state index in [4.69, 9.17) is 15.7 Å². The minimum atomic E-state index is -0.567. The third-order valence-corrected chi connectivity index (χ3v) is 4.68. The maximum absolute atomic E-state index is 14.1. The number of fused-ring (bicyclic) bond motifs is 1. The third-order valence-electron chi connectivity index (χ3n) is 4.68. The van der Waals surface area contributed by atoms with Gasteiger partial charge >= 0.3 is 7.12 Å². The second-order valence-electron chi connectivity index (χ2n) is 6.60. The van der Waals surface area contributed by atoms with E-state index in [1.54, 1.807) is 24.3 Å². The van der Waals surface area contributed by atoms with Gasteiger partial charge in [0, 0.05) is 16.3 Å². The number of benzene rings is 2. The van der Waals surface area contributed by atoms with Gasteiger partial charge in [-0.3, -0.25) is 0 Å². The summed E-state index contributed by atoms with van der Waals surface area (Å²) in [5.41, 5.74) is 0.498. The topological polar surface area (TPSA) is 18.5 Å². The fourth-order valence-electron chi connectivity index (χ4n) is 2.69. The van der Waals surface area contributed by atoms with Crippen LogP contribution in [0.25, 0.3) is 10.8 Å². The number of terminal acetylenes is 1. The van der Waals surface area contributed by atoms with Gasteiger partial charge in [-0.05, 0) is 45.3 Å². The van der Waals surface area contributed by atoms with E-state index < -0.39 is 18.3 Å². The molecule has 0 bridgehead atoms. The van der Waals surface area contributed by atoms with Crippen molar-refractivity contribution in [2.24, 2.45) is 0 Å². The summed E-state index contributed by atoms with van der Waals surface area (Å²) in [7, 11) is -0.567. The van der Waals surface area contributed by atoms with Crippen molar-refractivity contribution < 1.29 is 13.7 Å². The average Bonchev–Trinajstić information content (AvgIpc) is 2.67. The first-order valence-corrected chi connectivity index (χ1v) is 7.30. The summed E-state index contributed by atoms with van der Waals surface area (Å²) in [5, 5.41) is 1.17. The molecule has 0 amide bonds. The van der Waals surface area contributed by atoms with Gasteiger partial charge in [0.25, 0.3) is 0 Å². The number of rotatable bonds is 1. The van der Waals surface area contributed by atoms with Crippen molar-refractivity contribution >= 4 is 23.4 Å². The minimum absolute atomic E-state index is 0.299. The number of hydrogen-bond donors (Lipinski definition) is 0. The molecule has 1 aliphatic heterocycles. The van der Waals surface area contributed by atoms with E-state index in [0.717, 1.165) is 5.46 Å². The third kappa shape index (κ3) is 2.13. The van der Waals surface area contributed by atoms with Gasteiger partial charge in [-0.2, -0.15) is 0 Å². The Labute approximate surface area is 130 Å². The van der Waals surface area contributed by atoms with E-state index in [-0.39, 0.29) is 5.82 Å². The van der Waals surface area contributed by atoms with Crippen LogP contribution in [0.3, 0.4) is 0 Å². The van der Waals surface area contributed by atoms with Crippen LogP contribution in [0, 0.1) is 18.2 Å². The zero-order valence-electron chi connectivity index (χ0n) is 13.2. The molecular formula is C18H18BFO2. The van der Waals surface area contributed by atoms with Gasteiger partial charge < -0.3 is 9.31 Å². The Morgan fingerprint density at radius 1 is 1.05 bits per heavy atom. The molecular weight excluding hydrogens is 278 g/mol. The largest absolute Gasteiger partial charge is 0.495 e. The molecule has 0 saturated carbocycles. The molecule has 0 radical (unpaired) electrons. The SMILES string of the molecule is C#Cc1cccc2c(F)ccc(B3OC(C)(C)C(C)(C)O3)c12. The molecule has 0 N–H and O–H groups in total. The monoisotopic (exact) mass is 296 g/mol. The molecule has 2 aromatic carbocycles. The van der Waals surface area contributed by atoms with Crippen LogP contribution in [0.1, 0.15) is 33.3 Å². The summed E-state index contributed by atoms with van der Waals surface area (Å²) in [6, 6.07) is 8.41. The van der Waals surface area contributed by atoms with Gasteiger partial charge in [-0.15, -0.1) is 6.42 Å². The Morgan fingerprint density at radius 3 is 2.27 bits per heavy atom. The lowest BCUT2D eigenvalue weighted by molar-refractivity contribution is 0.00578. The van der Waals surface area contributed by atoms with Crippen LogP contribution in [0.2, 0.25) is 0 Å². The van der Waals surface area contributed by atoms with Crippen LogP contribution in [-0.4, -0.2) is 18.3 Å². The van der Waals surface area contributed by atoms with Crippen LogP contribution < -0.4 is 5.46 Å². The second-order valence-corrected chi connectivity index (χ2v) is 6.60. The normalized spacial score (nSPS) is 19.4. The van der Waals surface area contributed by atoms with Crippen molar-refractivity contribution in [1.82, 2.24) is 0 Å². The highest BCUT2D eigenvalue weighted by molar-refractivity contribution is 6.65. The first-order valence-electron chi connectivity index (χ1n) is 7.30. The molecule has 0 unspecified atom stereocenters. The molecule has 0 aliphatic carbocycles. The van der Waals surface area contributed by atoms with Gasteiger partial charge in [0.05, 0.1) is 11.2 Å². The molecule has 3 rings (SSSR count). The highest BCUT2D eigenvalue weighted by Gasteiger charge is 2.52. The van der Waals surface area contributed by atoms with E-state index >= 15 is 0 Å². The molecule has 1 heterocycles. The molecule has 112 valence electrons. The van der Waals surface area contributed by atoms with Crippen molar-refractivity contribution in [3.63, 3.8) is 0 Å². The van der Waals surface area contributed by atoms with Crippen molar-refractivity contribution in [3.8, 4) is 12.3 Å². The Morgan fingerprint density at radius 2 is 1.68 bits per heavy atom. The van der Waals surface area contributed by atoms with Crippen LogP contribution in [0.15, 0.2) is 30.3 Å². The molecule has 1 fully saturated rings. The summed E-state index contributed by atoms with van der Waals surface area (Å²) >= 11 is 0. The minimum Gasteiger partial charge on any atom is -0.399 e. The zero-order chi connectivity index (χ0) is 16.1. The fraction of sp³-hybridized carbons (Fsp3) is 0.333. The van der Waals surface area contributed by atoms with Crippen LogP contribution in [0.4, 0.5) is 4.39 Å². The summed E-state index contributed by atoms with van der Waals surface area (Å²) in [6.45, 7) is 7.95. The Hall–Kier alpha value is -1.83. The van der Waals surface area contributed by atoms with Gasteiger partial charge in [0.2, 0.25) is 0 Å². The lowest BCUT2D eigenvalue weighted by atomic mass is 9.75. The molecule has 2 nitrogen and oxygen atoms in total. The fourth-order valence-corrected chi connectivity index (χ4v) is 2.69. The second kappa shape index (κ2) is 4.84. The molecule has 4 heteroatoms. The first kappa shape index (κ1) is 15.1. The smallest absolute Gasteiger partial charge is 0.399 e. The Kier molecular flexibility index (Phi) is 3.32. The molecule has 2 aromatic rings. The summed E-state index contributed by atoms with van der Waals surface area (Å²) in [4.78, 5) is 0. The molecule has 0 atom stereocenters. The van der Waals surface area contributed by atoms with Crippen molar-refractivity contribution in [1.29, 1.82) is 0 Å². The van der Waals surface area contributed by atoms with Crippen LogP contribution in [-0.2, 0) is 9.31 Å². The van der Waals surface area contributed by atoms with E-state index in [0.29, 0.717) is 16.3 Å². The average molecular weight is 296 g/mol. The van der Waals surface area contributed by atoms with Gasteiger partial charge in [-0.25, -0.2) is 4.39 Å². The maximum Gasteiger partial charge on any atom is 0.495 e. The summed E-state index contributed by atoms with van der Waals surface area (Å²) < 4.78 is 26.3. The van der Waals surface area contributed by atoms with E-state index in [1.807, 2.05) is 27.7 Å².